The second-order valence-electron chi connectivity index (χ2n) is 5.07. The van der Waals surface area contributed by atoms with Crippen LogP contribution in [0.2, 0.25) is 5.02 Å². The molecule has 1 saturated heterocycles. The Hall–Kier alpha value is -1.86. The third-order valence-corrected chi connectivity index (χ3v) is 3.78. The number of benzene rings is 2. The van der Waals surface area contributed by atoms with Crippen molar-refractivity contribution in [3.05, 3.63) is 58.9 Å². The summed E-state index contributed by atoms with van der Waals surface area (Å²) in [6.07, 6.45) is 0.629. The highest BCUT2D eigenvalue weighted by molar-refractivity contribution is 6.33. The number of hydrogen-bond acceptors (Lipinski definition) is 5. The minimum atomic E-state index is -0.219. The maximum atomic E-state index is 12.8. The summed E-state index contributed by atoms with van der Waals surface area (Å²) in [4.78, 5) is 10.3. The van der Waals surface area contributed by atoms with Crippen LogP contribution in [0.4, 0.5) is 10.1 Å². The van der Waals surface area contributed by atoms with Crippen molar-refractivity contribution in [2.24, 2.45) is 0 Å². The first kappa shape index (κ1) is 19.5. The molecule has 0 unspecified atom stereocenters. The number of carbonyl (C=O) groups excluding carboxylic acids is 1. The topological polar surface area (TPSA) is 50.8 Å². The minimum absolute atomic E-state index is 0.200. The number of nitrogens with zero attached hydrogens (tertiary/aromatic N) is 1. The number of halogens is 3. The van der Waals surface area contributed by atoms with Crippen LogP contribution in [-0.2, 0) is 4.74 Å². The summed E-state index contributed by atoms with van der Waals surface area (Å²) in [5.41, 5.74) is 4.26. The van der Waals surface area contributed by atoms with Crippen LogP contribution in [-0.4, -0.2) is 37.6 Å². The molecule has 134 valence electrons. The first-order chi connectivity index (χ1) is 12.1. The lowest BCUT2D eigenvalue weighted by atomic mass is 10.2. The molecule has 0 amide bonds. The lowest BCUT2D eigenvalue weighted by Gasteiger charge is -2.27. The van der Waals surface area contributed by atoms with E-state index < -0.39 is 0 Å². The van der Waals surface area contributed by atoms with Crippen LogP contribution in [0, 0.1) is 5.82 Å². The first-order valence-corrected chi connectivity index (χ1v) is 8.20. The van der Waals surface area contributed by atoms with Crippen LogP contribution >= 0.6 is 23.5 Å². The van der Waals surface area contributed by atoms with Gasteiger partial charge in [-0.15, -0.1) is 0 Å². The van der Waals surface area contributed by atoms with E-state index in [1.54, 1.807) is 24.3 Å². The molecule has 1 aliphatic heterocycles. The van der Waals surface area contributed by atoms with Crippen molar-refractivity contribution in [2.75, 3.05) is 31.7 Å². The van der Waals surface area contributed by atoms with Gasteiger partial charge in [-0.25, -0.2) is 9.40 Å². The highest BCUT2D eigenvalue weighted by atomic mass is 35.5. The van der Waals surface area contributed by atoms with Gasteiger partial charge in [0.15, 0.2) is 12.0 Å². The molecule has 0 spiro atoms. The predicted molar refractivity (Wildman–Crippen MR) is 95.7 cm³/mol. The molecule has 3 rings (SSSR count). The van der Waals surface area contributed by atoms with Crippen molar-refractivity contribution in [1.82, 2.24) is 5.01 Å². The number of morpholine rings is 1. The van der Waals surface area contributed by atoms with E-state index in [0.717, 1.165) is 32.0 Å². The molecule has 2 aromatic rings. The molecule has 2 aromatic carbocycles. The number of hydrazine groups is 1. The second kappa shape index (κ2) is 10.2. The third-order valence-electron chi connectivity index (χ3n) is 3.32. The Labute approximate surface area is 155 Å². The summed E-state index contributed by atoms with van der Waals surface area (Å²) in [5.74, 6) is -0.0194. The number of rotatable bonds is 4. The average molecular weight is 387 g/mol. The Balaban J connectivity index is 0.000000186. The van der Waals surface area contributed by atoms with Gasteiger partial charge in [0.05, 0.1) is 29.5 Å². The highest BCUT2D eigenvalue weighted by Gasteiger charge is 2.09. The zero-order valence-corrected chi connectivity index (χ0v) is 14.8. The van der Waals surface area contributed by atoms with Crippen molar-refractivity contribution >= 4 is 35.4 Å². The van der Waals surface area contributed by atoms with Crippen LogP contribution in [0.5, 0.6) is 5.75 Å². The Morgan fingerprint density at radius 3 is 2.52 bits per heavy atom. The summed E-state index contributed by atoms with van der Waals surface area (Å²) in [7, 11) is 0. The molecular formula is C17H17Cl2FN2O3. The maximum absolute atomic E-state index is 12.8. The van der Waals surface area contributed by atoms with E-state index in [1.165, 1.54) is 12.1 Å². The SMILES string of the molecule is Fc1cccc(NN2CCOCC2)c1.O=Cc1cccc(Cl)c1OCl. The quantitative estimate of drug-likeness (QED) is 0.799. The van der Waals surface area contributed by atoms with Gasteiger partial charge in [-0.2, -0.15) is 0 Å². The molecule has 5 nitrogen and oxygen atoms in total. The van der Waals surface area contributed by atoms with E-state index in [2.05, 4.69) is 9.72 Å². The molecule has 1 aliphatic rings. The smallest absolute Gasteiger partial charge is 0.175 e. The van der Waals surface area contributed by atoms with E-state index in [0.29, 0.717) is 16.9 Å². The van der Waals surface area contributed by atoms with Crippen LogP contribution in [0.3, 0.4) is 0 Å². The second-order valence-corrected chi connectivity index (χ2v) is 5.64. The molecule has 0 aromatic heterocycles. The normalized spacial score (nSPS) is 14.2. The fraction of sp³-hybridized carbons (Fsp3) is 0.235. The van der Waals surface area contributed by atoms with E-state index >= 15 is 0 Å². The van der Waals surface area contributed by atoms with Crippen LogP contribution in [0.25, 0.3) is 0 Å². The number of aldehydes is 1. The molecule has 8 heteroatoms. The van der Waals surface area contributed by atoms with Gasteiger partial charge in [-0.3, -0.25) is 4.79 Å². The van der Waals surface area contributed by atoms with Gasteiger partial charge in [-0.1, -0.05) is 23.7 Å². The predicted octanol–water partition coefficient (Wildman–Crippen LogP) is 4.17. The Bertz CT molecular complexity index is 697. The van der Waals surface area contributed by atoms with Gasteiger partial charge in [0, 0.05) is 13.1 Å². The molecule has 0 bridgehead atoms. The Morgan fingerprint density at radius 2 is 1.92 bits per heavy atom. The van der Waals surface area contributed by atoms with E-state index in [4.69, 9.17) is 28.2 Å². The molecule has 25 heavy (non-hydrogen) atoms. The van der Waals surface area contributed by atoms with Crippen molar-refractivity contribution in [3.63, 3.8) is 0 Å². The highest BCUT2D eigenvalue weighted by Crippen LogP contribution is 2.28. The molecule has 0 radical (unpaired) electrons. The molecule has 1 heterocycles. The van der Waals surface area contributed by atoms with E-state index in [9.17, 15) is 9.18 Å². The molecule has 0 atom stereocenters. The summed E-state index contributed by atoms with van der Waals surface area (Å²) in [6, 6.07) is 11.3. The zero-order chi connectivity index (χ0) is 18.1. The van der Waals surface area contributed by atoms with Crippen molar-refractivity contribution in [3.8, 4) is 5.75 Å². The maximum Gasteiger partial charge on any atom is 0.175 e. The Morgan fingerprint density at radius 1 is 1.20 bits per heavy atom. The number of ether oxygens (including phenoxy) is 1. The number of anilines is 1. The van der Waals surface area contributed by atoms with Gasteiger partial charge in [-0.05, 0) is 30.3 Å². The molecule has 1 N–H and O–H groups in total. The van der Waals surface area contributed by atoms with Crippen LogP contribution in [0.1, 0.15) is 10.4 Å². The third kappa shape index (κ3) is 6.17. The van der Waals surface area contributed by atoms with Crippen LogP contribution in [0.15, 0.2) is 42.5 Å². The monoisotopic (exact) mass is 386 g/mol. The largest absolute Gasteiger partial charge is 0.383 e. The van der Waals surface area contributed by atoms with Gasteiger partial charge in [0.25, 0.3) is 0 Å². The van der Waals surface area contributed by atoms with Gasteiger partial charge >= 0.3 is 0 Å². The fourth-order valence-corrected chi connectivity index (χ4v) is 2.55. The van der Waals surface area contributed by atoms with Crippen molar-refractivity contribution in [1.29, 1.82) is 0 Å². The van der Waals surface area contributed by atoms with Crippen molar-refractivity contribution < 1.29 is 18.2 Å². The van der Waals surface area contributed by atoms with E-state index in [1.807, 2.05) is 11.1 Å². The van der Waals surface area contributed by atoms with Gasteiger partial charge < -0.3 is 14.5 Å². The van der Waals surface area contributed by atoms with Crippen LogP contribution < -0.4 is 9.72 Å². The molecule has 1 fully saturated rings. The summed E-state index contributed by atoms with van der Waals surface area (Å²) < 4.78 is 22.4. The molecular weight excluding hydrogens is 370 g/mol. The number of hydrogen-bond donors (Lipinski definition) is 1. The molecule has 0 saturated carbocycles. The number of nitrogens with one attached hydrogen (secondary N) is 1. The summed E-state index contributed by atoms with van der Waals surface area (Å²) in [5, 5.41) is 2.35. The van der Waals surface area contributed by atoms with Gasteiger partial charge in [0.2, 0.25) is 0 Å². The van der Waals surface area contributed by atoms with Crippen molar-refractivity contribution in [2.45, 2.75) is 0 Å². The zero-order valence-electron chi connectivity index (χ0n) is 13.3. The minimum Gasteiger partial charge on any atom is -0.383 e. The number of carbonyl (C=O) groups is 1. The summed E-state index contributed by atoms with van der Waals surface area (Å²) >= 11 is 10.7. The lowest BCUT2D eigenvalue weighted by molar-refractivity contribution is 0.0497. The average Bonchev–Trinajstić information content (AvgIpc) is 2.63. The lowest BCUT2D eigenvalue weighted by Crippen LogP contribution is -2.40. The van der Waals surface area contributed by atoms with Gasteiger partial charge in [0.1, 0.15) is 17.7 Å². The fourth-order valence-electron chi connectivity index (χ4n) is 2.12. The number of para-hydroxylation sites is 1. The standard InChI is InChI=1S/C10H13FN2O.C7H4Cl2O2/c11-9-2-1-3-10(8-9)12-13-4-6-14-7-5-13;8-6-3-1-2-5(4-10)7(6)11-9/h1-3,8,12H,4-7H2;1-4H. The first-order valence-electron chi connectivity index (χ1n) is 7.51. The van der Waals surface area contributed by atoms with E-state index in [-0.39, 0.29) is 11.6 Å². The summed E-state index contributed by atoms with van der Waals surface area (Å²) in [6.45, 7) is 3.11. The molecule has 0 aliphatic carbocycles. The Kier molecular flexibility index (Phi) is 7.94.